The molecular formula is C30H29F3N6O2. The standard InChI is InChI=1S/C30H29F3N6O2/c1-3-21-7-6-19(4-5-20-14-24-27(35-17-20)37-38-29(24)41-2)15-26(21)36-28(40)22-8-9-23(25(16-22)30(31,32)33)18-39-12-10-34-11-13-39/h6-9,14-17,34H,3,10-13,18H2,1-2H3,(H,36,40)(H,35,37,38). The summed E-state index contributed by atoms with van der Waals surface area (Å²) in [4.78, 5) is 19.4. The molecule has 0 spiro atoms. The minimum absolute atomic E-state index is 0.0617. The molecule has 11 heteroatoms. The van der Waals surface area contributed by atoms with Gasteiger partial charge in [0.15, 0.2) is 5.65 Å². The number of aromatic amines is 1. The third-order valence-electron chi connectivity index (χ3n) is 6.95. The Labute approximate surface area is 235 Å². The van der Waals surface area contributed by atoms with Crippen LogP contribution >= 0.6 is 0 Å². The second-order valence-electron chi connectivity index (χ2n) is 9.68. The molecule has 1 amide bonds. The SMILES string of the molecule is CCc1ccc(C#Cc2cnc3[nH]nc(OC)c3c2)cc1NC(=O)c1ccc(CN2CCNCC2)c(C(F)(F)F)c1. The van der Waals surface area contributed by atoms with E-state index in [1.54, 1.807) is 12.3 Å². The van der Waals surface area contributed by atoms with Crippen molar-refractivity contribution in [1.29, 1.82) is 0 Å². The highest BCUT2D eigenvalue weighted by Gasteiger charge is 2.34. The number of halogens is 3. The quantitative estimate of drug-likeness (QED) is 0.297. The van der Waals surface area contributed by atoms with Crippen molar-refractivity contribution in [3.63, 3.8) is 0 Å². The minimum Gasteiger partial charge on any atom is -0.479 e. The van der Waals surface area contributed by atoms with Crippen LogP contribution in [0.5, 0.6) is 5.88 Å². The first-order valence-electron chi connectivity index (χ1n) is 13.2. The number of aryl methyl sites for hydroxylation is 1. The van der Waals surface area contributed by atoms with Gasteiger partial charge < -0.3 is 15.4 Å². The van der Waals surface area contributed by atoms with Gasteiger partial charge in [-0.05, 0) is 47.9 Å². The summed E-state index contributed by atoms with van der Waals surface area (Å²) in [6.07, 6.45) is -2.36. The van der Waals surface area contributed by atoms with Gasteiger partial charge in [0.1, 0.15) is 0 Å². The van der Waals surface area contributed by atoms with E-state index in [4.69, 9.17) is 4.74 Å². The second kappa shape index (κ2) is 12.0. The van der Waals surface area contributed by atoms with Gasteiger partial charge >= 0.3 is 6.18 Å². The molecule has 0 saturated carbocycles. The van der Waals surface area contributed by atoms with Crippen LogP contribution in [-0.4, -0.2) is 59.3 Å². The molecule has 1 aliphatic rings. The van der Waals surface area contributed by atoms with E-state index >= 15 is 0 Å². The molecule has 2 aromatic heterocycles. The number of anilines is 1. The Balaban J connectivity index is 1.38. The van der Waals surface area contributed by atoms with Gasteiger partial charge in [0.25, 0.3) is 5.91 Å². The number of piperazine rings is 1. The Bertz CT molecular complexity index is 1630. The van der Waals surface area contributed by atoms with Crippen molar-refractivity contribution in [3.8, 4) is 17.7 Å². The number of nitrogens with zero attached hydrogens (tertiary/aromatic N) is 3. The average molecular weight is 563 g/mol. The number of aromatic nitrogens is 3. The molecule has 3 N–H and O–H groups in total. The monoisotopic (exact) mass is 562 g/mol. The predicted molar refractivity (Wildman–Crippen MR) is 150 cm³/mol. The molecule has 3 heterocycles. The molecular weight excluding hydrogens is 533 g/mol. The number of H-pyrrole nitrogens is 1. The summed E-state index contributed by atoms with van der Waals surface area (Å²) in [5.74, 6) is 5.91. The van der Waals surface area contributed by atoms with Gasteiger partial charge in [-0.25, -0.2) is 4.98 Å². The first-order valence-corrected chi connectivity index (χ1v) is 13.2. The van der Waals surface area contributed by atoms with Crippen LogP contribution in [0.3, 0.4) is 0 Å². The molecule has 0 aliphatic carbocycles. The lowest BCUT2D eigenvalue weighted by atomic mass is 10.0. The number of alkyl halides is 3. The zero-order chi connectivity index (χ0) is 29.0. The molecule has 8 nitrogen and oxygen atoms in total. The van der Waals surface area contributed by atoms with Gasteiger partial charge in [-0.1, -0.05) is 30.9 Å². The van der Waals surface area contributed by atoms with Crippen molar-refractivity contribution in [2.45, 2.75) is 26.1 Å². The normalized spacial score (nSPS) is 14.0. The van der Waals surface area contributed by atoms with E-state index in [0.29, 0.717) is 53.2 Å². The molecule has 0 bridgehead atoms. The van der Waals surface area contributed by atoms with Crippen LogP contribution in [-0.2, 0) is 19.1 Å². The molecule has 41 heavy (non-hydrogen) atoms. The van der Waals surface area contributed by atoms with Crippen LogP contribution in [0, 0.1) is 11.8 Å². The van der Waals surface area contributed by atoms with E-state index in [9.17, 15) is 18.0 Å². The molecule has 0 atom stereocenters. The lowest BCUT2D eigenvalue weighted by molar-refractivity contribution is -0.138. The highest BCUT2D eigenvalue weighted by Crippen LogP contribution is 2.34. The Kier molecular flexibility index (Phi) is 8.23. The fraction of sp³-hybridized carbons (Fsp3) is 0.300. The Morgan fingerprint density at radius 3 is 2.56 bits per heavy atom. The maximum absolute atomic E-state index is 14.0. The van der Waals surface area contributed by atoms with Gasteiger partial charge in [-0.2, -0.15) is 13.2 Å². The van der Waals surface area contributed by atoms with E-state index in [1.807, 2.05) is 30.0 Å². The summed E-state index contributed by atoms with van der Waals surface area (Å²) in [6.45, 7) is 4.91. The molecule has 0 radical (unpaired) electrons. The highest BCUT2D eigenvalue weighted by atomic mass is 19.4. The molecule has 0 unspecified atom stereocenters. The molecule has 212 valence electrons. The van der Waals surface area contributed by atoms with Crippen LogP contribution < -0.4 is 15.4 Å². The number of nitrogens with one attached hydrogen (secondary N) is 3. The number of carbonyl (C=O) groups is 1. The Morgan fingerprint density at radius 2 is 1.83 bits per heavy atom. The van der Waals surface area contributed by atoms with E-state index in [1.165, 1.54) is 19.2 Å². The lowest BCUT2D eigenvalue weighted by Gasteiger charge is -2.28. The van der Waals surface area contributed by atoms with Crippen LogP contribution in [0.2, 0.25) is 0 Å². The Hall–Kier alpha value is -4.40. The third-order valence-corrected chi connectivity index (χ3v) is 6.95. The molecule has 5 rings (SSSR count). The molecule has 2 aromatic carbocycles. The smallest absolute Gasteiger partial charge is 0.416 e. The minimum atomic E-state index is -4.58. The van der Waals surface area contributed by atoms with Crippen molar-refractivity contribution in [2.24, 2.45) is 0 Å². The first-order chi connectivity index (χ1) is 19.7. The number of carbonyl (C=O) groups excluding carboxylic acids is 1. The van der Waals surface area contributed by atoms with Gasteiger partial charge in [0.2, 0.25) is 5.88 Å². The summed E-state index contributed by atoms with van der Waals surface area (Å²) >= 11 is 0. The molecule has 1 saturated heterocycles. The number of fused-ring (bicyclic) bond motifs is 1. The lowest BCUT2D eigenvalue weighted by Crippen LogP contribution is -2.43. The van der Waals surface area contributed by atoms with Crippen LogP contribution in [0.15, 0.2) is 48.7 Å². The van der Waals surface area contributed by atoms with Crippen molar-refractivity contribution in [2.75, 3.05) is 38.6 Å². The number of ether oxygens (including phenoxy) is 1. The van der Waals surface area contributed by atoms with E-state index in [2.05, 4.69) is 37.7 Å². The number of rotatable bonds is 6. The molecule has 1 aliphatic heterocycles. The van der Waals surface area contributed by atoms with E-state index in [-0.39, 0.29) is 17.7 Å². The van der Waals surface area contributed by atoms with Crippen molar-refractivity contribution in [1.82, 2.24) is 25.4 Å². The number of benzene rings is 2. The van der Waals surface area contributed by atoms with E-state index in [0.717, 1.165) is 24.7 Å². The maximum atomic E-state index is 14.0. The fourth-order valence-electron chi connectivity index (χ4n) is 4.75. The average Bonchev–Trinajstić information content (AvgIpc) is 3.39. The maximum Gasteiger partial charge on any atom is 0.416 e. The predicted octanol–water partition coefficient (Wildman–Crippen LogP) is 4.61. The van der Waals surface area contributed by atoms with Gasteiger partial charge in [0, 0.05) is 61.3 Å². The van der Waals surface area contributed by atoms with Gasteiger partial charge in [-0.15, -0.1) is 5.10 Å². The fourth-order valence-corrected chi connectivity index (χ4v) is 4.75. The summed E-state index contributed by atoms with van der Waals surface area (Å²) < 4.78 is 47.2. The highest BCUT2D eigenvalue weighted by molar-refractivity contribution is 6.05. The Morgan fingerprint density at radius 1 is 1.07 bits per heavy atom. The summed E-state index contributed by atoms with van der Waals surface area (Å²) in [6, 6.07) is 11.0. The van der Waals surface area contributed by atoms with Crippen molar-refractivity contribution >= 4 is 22.6 Å². The number of amides is 1. The largest absolute Gasteiger partial charge is 0.479 e. The van der Waals surface area contributed by atoms with Crippen molar-refractivity contribution < 1.29 is 22.7 Å². The van der Waals surface area contributed by atoms with Crippen LogP contribution in [0.1, 0.15) is 45.1 Å². The zero-order valence-corrected chi connectivity index (χ0v) is 22.7. The number of hydrogen-bond donors (Lipinski definition) is 3. The van der Waals surface area contributed by atoms with Gasteiger partial charge in [-0.3, -0.25) is 14.8 Å². The third kappa shape index (κ3) is 6.51. The number of hydrogen-bond acceptors (Lipinski definition) is 6. The van der Waals surface area contributed by atoms with Crippen molar-refractivity contribution in [3.05, 3.63) is 82.0 Å². The summed E-state index contributed by atoms with van der Waals surface area (Å²) in [7, 11) is 1.52. The topological polar surface area (TPSA) is 95.2 Å². The number of methoxy groups -OCH3 is 1. The van der Waals surface area contributed by atoms with E-state index < -0.39 is 17.6 Å². The molecule has 4 aromatic rings. The van der Waals surface area contributed by atoms with Crippen LogP contribution in [0.25, 0.3) is 11.0 Å². The van der Waals surface area contributed by atoms with Crippen LogP contribution in [0.4, 0.5) is 18.9 Å². The molecule has 1 fully saturated rings. The first kappa shape index (κ1) is 28.1. The zero-order valence-electron chi connectivity index (χ0n) is 22.7. The summed E-state index contributed by atoms with van der Waals surface area (Å²) in [5.41, 5.74) is 2.47. The second-order valence-corrected chi connectivity index (χ2v) is 9.68. The van der Waals surface area contributed by atoms with Gasteiger partial charge in [0.05, 0.1) is 18.1 Å². The summed E-state index contributed by atoms with van der Waals surface area (Å²) in [5, 5.41) is 13.5. The number of pyridine rings is 1.